The maximum absolute atomic E-state index is 12.2. The van der Waals surface area contributed by atoms with Crippen LogP contribution in [0.1, 0.15) is 20.7 Å². The summed E-state index contributed by atoms with van der Waals surface area (Å²) in [6.07, 6.45) is 0. The summed E-state index contributed by atoms with van der Waals surface area (Å²) in [6, 6.07) is 15.9. The molecule has 0 aromatic heterocycles. The molecule has 23 heavy (non-hydrogen) atoms. The summed E-state index contributed by atoms with van der Waals surface area (Å²) in [7, 11) is 3.70. The minimum absolute atomic E-state index is 0.112. The Morgan fingerprint density at radius 1 is 0.913 bits per heavy atom. The van der Waals surface area contributed by atoms with Crippen molar-refractivity contribution < 1.29 is 9.59 Å². The van der Waals surface area contributed by atoms with Gasteiger partial charge in [0.2, 0.25) is 0 Å². The van der Waals surface area contributed by atoms with E-state index in [1.54, 1.807) is 53.4 Å². The van der Waals surface area contributed by atoms with Crippen molar-refractivity contribution in [1.82, 2.24) is 4.90 Å². The van der Waals surface area contributed by atoms with Crippen LogP contribution in [0.2, 0.25) is 0 Å². The summed E-state index contributed by atoms with van der Waals surface area (Å²) in [5, 5.41) is 3.65. The van der Waals surface area contributed by atoms with Crippen molar-refractivity contribution in [2.24, 2.45) is 0 Å². The van der Waals surface area contributed by atoms with Crippen LogP contribution in [0.5, 0.6) is 0 Å². The molecule has 0 radical (unpaired) electrons. The van der Waals surface area contributed by atoms with E-state index in [-0.39, 0.29) is 9.36 Å². The third kappa shape index (κ3) is 4.99. The number of thiocarbonyl (C=S) groups is 1. The molecular weight excluding hydrogens is 375 g/mol. The van der Waals surface area contributed by atoms with Crippen LogP contribution in [0, 0.1) is 0 Å². The van der Waals surface area contributed by atoms with Gasteiger partial charge in [-0.25, -0.2) is 0 Å². The number of benzene rings is 2. The molecule has 2 aromatic rings. The van der Waals surface area contributed by atoms with Crippen LogP contribution in [0.25, 0.3) is 0 Å². The molecule has 0 spiro atoms. The van der Waals surface area contributed by atoms with Gasteiger partial charge in [0.05, 0.1) is 0 Å². The van der Waals surface area contributed by atoms with Crippen molar-refractivity contribution in [1.29, 1.82) is 0 Å². The Bertz CT molecular complexity index is 715. The van der Waals surface area contributed by atoms with Crippen LogP contribution in [-0.4, -0.2) is 48.4 Å². The monoisotopic (exact) mass is 392 g/mol. The minimum atomic E-state index is -0.755. The molecule has 0 amide bonds. The third-order valence-electron chi connectivity index (χ3n) is 2.97. The van der Waals surface area contributed by atoms with E-state index in [2.05, 4.69) is 5.32 Å². The molecule has 2 rings (SSSR count). The first kappa shape index (κ1) is 17.3. The van der Waals surface area contributed by atoms with E-state index in [9.17, 15) is 9.59 Å². The molecule has 6 heteroatoms. The van der Waals surface area contributed by atoms with Crippen LogP contribution in [0.4, 0.5) is 5.69 Å². The number of nitrogens with one attached hydrogen (secondary N) is 1. The zero-order valence-electron chi connectivity index (χ0n) is 12.8. The average Bonchev–Trinajstić information content (AvgIpc) is 2.56. The molecule has 1 N–H and O–H groups in total. The molecule has 0 aliphatic rings. The van der Waals surface area contributed by atoms with Crippen molar-refractivity contribution in [3.8, 4) is 0 Å². The summed E-state index contributed by atoms with van der Waals surface area (Å²) in [6.45, 7) is 0. The number of carbonyl (C=O) groups excluding carboxylic acids is 2. The summed E-state index contributed by atoms with van der Waals surface area (Å²) in [5.41, 5.74) is 1.92. The molecule has 0 fully saturated rings. The van der Waals surface area contributed by atoms with Gasteiger partial charge in [0, 0.05) is 0 Å². The zero-order chi connectivity index (χ0) is 16.8. The van der Waals surface area contributed by atoms with Crippen molar-refractivity contribution >= 4 is 47.3 Å². The average molecular weight is 391 g/mol. The van der Waals surface area contributed by atoms with Crippen LogP contribution in [-0.2, 0) is 0 Å². The first-order valence-corrected chi connectivity index (χ1v) is 8.99. The second-order valence-corrected chi connectivity index (χ2v) is 7.32. The number of hydrogen-bond donors (Lipinski definition) is 1. The Morgan fingerprint density at radius 2 is 1.43 bits per heavy atom. The number of rotatable bonds is 5. The second kappa shape index (κ2) is 8.01. The van der Waals surface area contributed by atoms with E-state index >= 15 is 0 Å². The molecule has 0 heterocycles. The van der Waals surface area contributed by atoms with Gasteiger partial charge in [-0.15, -0.1) is 0 Å². The van der Waals surface area contributed by atoms with Gasteiger partial charge in [0.25, 0.3) is 0 Å². The first-order valence-electron chi connectivity index (χ1n) is 6.87. The van der Waals surface area contributed by atoms with Gasteiger partial charge in [-0.1, -0.05) is 0 Å². The predicted octanol–water partition coefficient (Wildman–Crippen LogP) is 2.63. The molecule has 0 aliphatic carbocycles. The van der Waals surface area contributed by atoms with Gasteiger partial charge < -0.3 is 0 Å². The molecular formula is C17H16N2O2SSe. The molecule has 2 aromatic carbocycles. The fourth-order valence-electron chi connectivity index (χ4n) is 1.70. The van der Waals surface area contributed by atoms with Gasteiger partial charge in [0.1, 0.15) is 0 Å². The van der Waals surface area contributed by atoms with Crippen LogP contribution < -0.4 is 5.32 Å². The number of hydrogen-bond acceptors (Lipinski definition) is 3. The van der Waals surface area contributed by atoms with Crippen molar-refractivity contribution in [3.05, 3.63) is 65.7 Å². The van der Waals surface area contributed by atoms with Gasteiger partial charge in [0.15, 0.2) is 0 Å². The molecule has 0 saturated heterocycles. The predicted molar refractivity (Wildman–Crippen MR) is 97.2 cm³/mol. The summed E-state index contributed by atoms with van der Waals surface area (Å²) in [5.74, 6) is 0. The van der Waals surface area contributed by atoms with Crippen molar-refractivity contribution in [2.45, 2.75) is 0 Å². The number of anilines is 1. The first-order chi connectivity index (χ1) is 11.0. The Balaban J connectivity index is 2.00. The van der Waals surface area contributed by atoms with Crippen LogP contribution in [0.3, 0.4) is 0 Å². The van der Waals surface area contributed by atoms with Gasteiger partial charge in [-0.2, -0.15) is 0 Å². The summed E-state index contributed by atoms with van der Waals surface area (Å²) in [4.78, 5) is 26.1. The van der Waals surface area contributed by atoms with Crippen molar-refractivity contribution in [3.63, 3.8) is 0 Å². The quantitative estimate of drug-likeness (QED) is 0.627. The molecule has 0 unspecified atom stereocenters. The number of carbonyl (C=O) groups is 2. The van der Waals surface area contributed by atoms with Gasteiger partial charge >= 0.3 is 147 Å². The maximum atomic E-state index is 12.2. The molecule has 118 valence electrons. The van der Waals surface area contributed by atoms with E-state index in [4.69, 9.17) is 12.2 Å². The fourth-order valence-corrected chi connectivity index (χ4v) is 3.24. The number of nitrogens with zero attached hydrogens (tertiary/aromatic N) is 1. The standard InChI is InChI=1S/C17H16N2O2SSe/c1-19(2)17(22)18-14-10-8-13(9-11-14)16(21)23-15(20)12-6-4-3-5-7-12/h3-11H,1-2H3,(H,18,22). The van der Waals surface area contributed by atoms with Crippen molar-refractivity contribution in [2.75, 3.05) is 19.4 Å². The zero-order valence-corrected chi connectivity index (χ0v) is 15.3. The summed E-state index contributed by atoms with van der Waals surface area (Å²) < 4.78 is -0.243. The topological polar surface area (TPSA) is 49.4 Å². The molecule has 0 bridgehead atoms. The molecule has 0 atom stereocenters. The second-order valence-electron chi connectivity index (χ2n) is 4.94. The van der Waals surface area contributed by atoms with Crippen LogP contribution in [0.15, 0.2) is 54.6 Å². The van der Waals surface area contributed by atoms with E-state index in [0.717, 1.165) is 5.69 Å². The van der Waals surface area contributed by atoms with Gasteiger partial charge in [-0.3, -0.25) is 0 Å². The Morgan fingerprint density at radius 3 is 1.96 bits per heavy atom. The molecule has 4 nitrogen and oxygen atoms in total. The van der Waals surface area contributed by atoms with E-state index in [1.807, 2.05) is 20.2 Å². The molecule has 0 aliphatic heterocycles. The van der Waals surface area contributed by atoms with E-state index < -0.39 is 15.0 Å². The Kier molecular flexibility index (Phi) is 6.04. The Labute approximate surface area is 147 Å². The third-order valence-corrected chi connectivity index (χ3v) is 5.21. The fraction of sp³-hybridized carbons (Fsp3) is 0.118. The van der Waals surface area contributed by atoms with Gasteiger partial charge in [-0.05, 0) is 0 Å². The SMILES string of the molecule is CN(C)C(=S)Nc1ccc(C(=O)[Se]C(=O)c2ccccc2)cc1. The molecule has 0 saturated carbocycles. The van der Waals surface area contributed by atoms with E-state index in [0.29, 0.717) is 16.2 Å². The summed E-state index contributed by atoms with van der Waals surface area (Å²) >= 11 is 4.41. The van der Waals surface area contributed by atoms with Crippen LogP contribution >= 0.6 is 12.2 Å². The Hall–Kier alpha value is -2.01. The van der Waals surface area contributed by atoms with E-state index in [1.165, 1.54) is 0 Å². The normalized spacial score (nSPS) is 10.0.